The lowest BCUT2D eigenvalue weighted by Gasteiger charge is -2.30. The monoisotopic (exact) mass is 1840 g/mol. The Kier molecular flexibility index (Phi) is 21.3. The van der Waals surface area contributed by atoms with Gasteiger partial charge < -0.3 is 14.7 Å². The molecule has 26 aromatic carbocycles. The zero-order chi connectivity index (χ0) is 95.8. The predicted molar refractivity (Wildman–Crippen MR) is 617 cm³/mol. The number of hydrogen-bond donors (Lipinski definition) is 0. The molecule has 26 aromatic rings. The summed E-state index contributed by atoms with van der Waals surface area (Å²) in [6.45, 7) is 0. The maximum Gasteiger partial charge on any atom is 0.0540 e. The van der Waals surface area contributed by atoms with Crippen molar-refractivity contribution in [1.82, 2.24) is 0 Å². The molecule has 0 bridgehead atoms. The van der Waals surface area contributed by atoms with Crippen LogP contribution >= 0.6 is 0 Å². The average molecular weight is 1840 g/mol. The van der Waals surface area contributed by atoms with Crippen molar-refractivity contribution in [2.24, 2.45) is 0 Å². The van der Waals surface area contributed by atoms with E-state index in [4.69, 9.17) is 0 Å². The van der Waals surface area contributed by atoms with Gasteiger partial charge in [0.05, 0.1) is 22.7 Å². The van der Waals surface area contributed by atoms with E-state index in [9.17, 15) is 0 Å². The third kappa shape index (κ3) is 15.7. The Morgan fingerprint density at radius 2 is 0.269 bits per heavy atom. The highest BCUT2D eigenvalue weighted by Crippen LogP contribution is 2.57. The molecule has 145 heavy (non-hydrogen) atoms. The van der Waals surface area contributed by atoms with Crippen molar-refractivity contribution in [3.05, 3.63) is 564 Å². The molecule has 29 rings (SSSR count). The van der Waals surface area contributed by atoms with Gasteiger partial charge in [0.2, 0.25) is 0 Å². The van der Waals surface area contributed by atoms with Gasteiger partial charge in [-0.05, 0) is 356 Å². The van der Waals surface area contributed by atoms with Crippen LogP contribution in [-0.4, -0.2) is 0 Å². The Bertz CT molecular complexity index is 9470. The molecule has 0 amide bonds. The second kappa shape index (κ2) is 36.3. The molecule has 0 heterocycles. The molecule has 0 saturated heterocycles. The highest BCUT2D eigenvalue weighted by atomic mass is 15.2. The van der Waals surface area contributed by atoms with Gasteiger partial charge >= 0.3 is 0 Å². The van der Waals surface area contributed by atoms with Crippen molar-refractivity contribution >= 4 is 127 Å². The fourth-order valence-corrected chi connectivity index (χ4v) is 22.3. The summed E-state index contributed by atoms with van der Waals surface area (Å²) in [4.78, 5) is 7.27. The first-order valence-corrected chi connectivity index (χ1v) is 50.0. The maximum absolute atomic E-state index is 2.44. The Morgan fingerprint density at radius 1 is 0.0897 bits per heavy atom. The smallest absolute Gasteiger partial charge is 0.0540 e. The number of benzene rings is 26. The number of fused-ring (bicyclic) bond motifs is 19. The normalized spacial score (nSPS) is 11.6. The molecule has 3 aliphatic carbocycles. The Hall–Kier alpha value is -19.1. The Morgan fingerprint density at radius 3 is 0.559 bits per heavy atom. The second-order valence-corrected chi connectivity index (χ2v) is 38.2. The molecule has 0 atom stereocenters. The van der Waals surface area contributed by atoms with Crippen LogP contribution in [0.1, 0.15) is 0 Å². The van der Waals surface area contributed by atoms with Gasteiger partial charge in [0.1, 0.15) is 0 Å². The van der Waals surface area contributed by atoms with E-state index in [0.29, 0.717) is 0 Å². The van der Waals surface area contributed by atoms with Crippen molar-refractivity contribution in [1.29, 1.82) is 0 Å². The van der Waals surface area contributed by atoms with Crippen molar-refractivity contribution in [2.75, 3.05) is 14.7 Å². The van der Waals surface area contributed by atoms with Gasteiger partial charge in [-0.25, -0.2) is 0 Å². The van der Waals surface area contributed by atoms with Crippen molar-refractivity contribution < 1.29 is 0 Å². The number of hydrogen-bond acceptors (Lipinski definition) is 3. The summed E-state index contributed by atoms with van der Waals surface area (Å²) < 4.78 is 0. The van der Waals surface area contributed by atoms with E-state index < -0.39 is 0 Å². The molecule has 0 unspecified atom stereocenters. The van der Waals surface area contributed by atoms with Gasteiger partial charge in [-0.2, -0.15) is 0 Å². The highest BCUT2D eigenvalue weighted by Gasteiger charge is 2.31. The van der Waals surface area contributed by atoms with Crippen LogP contribution < -0.4 is 14.7 Å². The predicted octanol–water partition coefficient (Wildman–Crippen LogP) is 40.2. The molecule has 0 aromatic heterocycles. The van der Waals surface area contributed by atoms with Crippen LogP contribution in [-0.2, 0) is 0 Å². The van der Waals surface area contributed by atoms with Crippen LogP contribution in [0.2, 0.25) is 0 Å². The summed E-state index contributed by atoms with van der Waals surface area (Å²) in [7, 11) is 0. The maximum atomic E-state index is 2.44. The van der Waals surface area contributed by atoms with Crippen LogP contribution in [0.15, 0.2) is 564 Å². The lowest BCUT2D eigenvalue weighted by Crippen LogP contribution is -2.11. The van der Waals surface area contributed by atoms with E-state index in [2.05, 4.69) is 579 Å². The van der Waals surface area contributed by atoms with Crippen LogP contribution in [0.3, 0.4) is 0 Å². The summed E-state index contributed by atoms with van der Waals surface area (Å²) in [5.41, 5.74) is 43.3. The molecule has 3 aliphatic rings. The molecule has 0 spiro atoms. The van der Waals surface area contributed by atoms with Crippen LogP contribution in [0.4, 0.5) is 51.2 Å². The fraction of sp³-hybridized carbons (Fsp3) is 0. The van der Waals surface area contributed by atoms with Crippen molar-refractivity contribution in [3.8, 4) is 145 Å². The first-order chi connectivity index (χ1) is 71.8. The van der Waals surface area contributed by atoms with E-state index >= 15 is 0 Å². The largest absolute Gasteiger partial charge is 0.310 e. The fourth-order valence-electron chi connectivity index (χ4n) is 22.3. The van der Waals surface area contributed by atoms with Crippen LogP contribution in [0.5, 0.6) is 0 Å². The molecular formula is C142H93N3. The summed E-state index contributed by atoms with van der Waals surface area (Å²) in [6.07, 6.45) is 0. The summed E-state index contributed by atoms with van der Waals surface area (Å²) in [6, 6.07) is 205. The number of rotatable bonds is 16. The molecule has 0 radical (unpaired) electrons. The lowest BCUT2D eigenvalue weighted by atomic mass is 9.78. The van der Waals surface area contributed by atoms with Crippen molar-refractivity contribution in [2.45, 2.75) is 0 Å². The molecule has 3 nitrogen and oxygen atoms in total. The van der Waals surface area contributed by atoms with E-state index in [1.165, 1.54) is 231 Å². The third-order valence-corrected chi connectivity index (χ3v) is 29.7. The minimum Gasteiger partial charge on any atom is -0.310 e. The molecule has 0 aliphatic heterocycles. The first kappa shape index (κ1) is 85.2. The summed E-state index contributed by atoms with van der Waals surface area (Å²) >= 11 is 0. The van der Waals surface area contributed by atoms with E-state index in [1.54, 1.807) is 0 Å². The topological polar surface area (TPSA) is 9.72 Å². The van der Waals surface area contributed by atoms with Crippen molar-refractivity contribution in [3.63, 3.8) is 0 Å². The molecular weight excluding hydrogens is 1750 g/mol. The lowest BCUT2D eigenvalue weighted by molar-refractivity contribution is 1.30. The molecule has 0 saturated carbocycles. The number of anilines is 9. The number of nitrogens with zero attached hydrogens (tertiary/aromatic N) is 3. The first-order valence-electron chi connectivity index (χ1n) is 50.0. The van der Waals surface area contributed by atoms with E-state index in [1.807, 2.05) is 0 Å². The van der Waals surface area contributed by atoms with Gasteiger partial charge in [0, 0.05) is 50.0 Å². The minimum atomic E-state index is 1.12. The third-order valence-electron chi connectivity index (χ3n) is 29.7. The van der Waals surface area contributed by atoms with Gasteiger partial charge in [-0.3, -0.25) is 0 Å². The zero-order valence-electron chi connectivity index (χ0n) is 79.5. The molecule has 676 valence electrons. The van der Waals surface area contributed by atoms with Gasteiger partial charge in [0.15, 0.2) is 0 Å². The van der Waals surface area contributed by atoms with E-state index in [0.717, 1.165) is 39.8 Å². The average Bonchev–Trinajstić information content (AvgIpc) is 0.702. The van der Waals surface area contributed by atoms with Gasteiger partial charge in [-0.15, -0.1) is 0 Å². The zero-order valence-corrected chi connectivity index (χ0v) is 79.5. The Balaban J connectivity index is 0.000000108. The summed E-state index contributed by atoms with van der Waals surface area (Å²) in [5.74, 6) is 0. The van der Waals surface area contributed by atoms with Gasteiger partial charge in [-0.1, -0.05) is 406 Å². The standard InChI is InChI=1S/2C50H33N.C42H27N/c1-3-11-34(12-4-1)36-21-23-38(24-22-36)39-17-9-19-44(29-39)51(43-27-25-37(26-28-43)35-13-5-2-6-14-35)50-20-10-18-42-32-48-46-30-40-15-7-8-16-41(40)31-47(46)49(48)33-45(42)50;1-3-10-34(11-4-1)36-18-20-37(21-19-36)39-24-28-44(29-25-39)51(43-26-22-38(23-27-43)35-12-5-2-6-13-35)50-17-9-16-42-32-48-46-30-40-14-7-8-15-41(40)31-47(46)49(48)33-45(42)50;1-2-10-28(11-3-1)29-20-22-34(23-21-29)43(41-18-8-15-30-12-6-7-17-35(30)41)42-19-9-16-33-26-39-37-24-31-13-4-5-14-32(31)25-38(37)40(39)27-36(33)42/h2*1-33H;1-27H. The Labute approximate surface area is 844 Å². The van der Waals surface area contributed by atoms with Gasteiger partial charge in [0.25, 0.3) is 0 Å². The van der Waals surface area contributed by atoms with E-state index in [-0.39, 0.29) is 0 Å². The molecule has 3 heteroatoms. The molecule has 0 fully saturated rings. The quantitative estimate of drug-likeness (QED) is 0.0955. The molecule has 0 N–H and O–H groups in total. The second-order valence-electron chi connectivity index (χ2n) is 38.2. The minimum absolute atomic E-state index is 1.12. The summed E-state index contributed by atoms with van der Waals surface area (Å²) in [5, 5.41) is 17.6. The van der Waals surface area contributed by atoms with Crippen LogP contribution in [0, 0.1) is 0 Å². The van der Waals surface area contributed by atoms with Crippen LogP contribution in [0.25, 0.3) is 220 Å². The highest BCUT2D eigenvalue weighted by molar-refractivity contribution is 6.19. The SMILES string of the molecule is c1ccc(-c2ccc(-c3ccc(N(c4ccc(-c5ccccc5)cc4)c4cccc5cc6c(cc45)-c4cc5ccccc5cc4-6)cc3)cc2)cc1.c1ccc(-c2ccc(-c3cccc(N(c4ccc(-c5ccccc5)cc4)c4cccc5cc6c(cc45)-c4cc5ccccc5cc4-6)c3)cc2)cc1.c1ccc(-c2ccc(N(c3cccc4ccccc34)c3cccc4cc5c(cc34)-c3cc4ccccc4cc3-5)cc2)cc1.